The molecule has 0 aromatic rings. The quantitative estimate of drug-likeness (QED) is 0.490. The zero-order chi connectivity index (χ0) is 9.61. The second-order valence-electron chi connectivity index (χ2n) is 3.81. The number of hydrogen-bond donors (Lipinski definition) is 0. The summed E-state index contributed by atoms with van der Waals surface area (Å²) in [7, 11) is -1.65. The summed E-state index contributed by atoms with van der Waals surface area (Å²) in [6.07, 6.45) is 3.67. The van der Waals surface area contributed by atoms with Crippen molar-refractivity contribution in [3.05, 3.63) is 0 Å². The molecule has 3 heteroatoms. The summed E-state index contributed by atoms with van der Waals surface area (Å²) in [5.41, 5.74) is 0. The molecular formula is C9H20O2Si. The fourth-order valence-corrected chi connectivity index (χ4v) is 3.22. The molecule has 2 nitrogen and oxygen atoms in total. The van der Waals surface area contributed by atoms with Crippen LogP contribution >= 0.6 is 0 Å². The molecule has 0 atom stereocenters. The Hall–Kier alpha value is -0.313. The number of hydrogen-bond acceptors (Lipinski definition) is 2. The number of unbranched alkanes of at least 4 members (excludes halogenated alkanes) is 2. The minimum atomic E-state index is -1.65. The molecule has 0 unspecified atom stereocenters. The predicted octanol–water partition coefficient (Wildman–Crippen LogP) is 2.94. The number of rotatable bonds is 5. The zero-order valence-corrected chi connectivity index (χ0v) is 9.64. The summed E-state index contributed by atoms with van der Waals surface area (Å²) < 4.78 is 5.28. The van der Waals surface area contributed by atoms with Crippen molar-refractivity contribution in [1.29, 1.82) is 0 Å². The molecule has 12 heavy (non-hydrogen) atoms. The van der Waals surface area contributed by atoms with Gasteiger partial charge in [0.25, 0.3) is 5.97 Å². The molecule has 0 aliphatic rings. The maximum absolute atomic E-state index is 10.7. The number of carbonyl (C=O) groups is 1. The maximum Gasteiger partial charge on any atom is 0.289 e. The van der Waals surface area contributed by atoms with Crippen molar-refractivity contribution in [1.82, 2.24) is 0 Å². The average molecular weight is 188 g/mol. The van der Waals surface area contributed by atoms with Gasteiger partial charge in [0.15, 0.2) is 0 Å². The molecule has 0 radical (unpaired) electrons. The van der Waals surface area contributed by atoms with E-state index in [1.807, 2.05) is 0 Å². The fourth-order valence-electron chi connectivity index (χ4n) is 1.24. The summed E-state index contributed by atoms with van der Waals surface area (Å²) in [6.45, 7) is 7.88. The van der Waals surface area contributed by atoms with E-state index in [4.69, 9.17) is 4.43 Å². The van der Waals surface area contributed by atoms with Gasteiger partial charge in [0.2, 0.25) is 8.32 Å². The van der Waals surface area contributed by atoms with Gasteiger partial charge < -0.3 is 4.43 Å². The van der Waals surface area contributed by atoms with Crippen LogP contribution in [0.3, 0.4) is 0 Å². The molecule has 0 bridgehead atoms. The van der Waals surface area contributed by atoms with E-state index in [1.54, 1.807) is 0 Å². The van der Waals surface area contributed by atoms with E-state index in [-0.39, 0.29) is 5.97 Å². The lowest BCUT2D eigenvalue weighted by atomic mass is 10.3. The zero-order valence-electron chi connectivity index (χ0n) is 8.64. The third-order valence-corrected chi connectivity index (χ3v) is 4.20. The van der Waals surface area contributed by atoms with Crippen molar-refractivity contribution in [3.63, 3.8) is 0 Å². The Labute approximate surface area is 76.4 Å². The van der Waals surface area contributed by atoms with Gasteiger partial charge in [-0.1, -0.05) is 26.2 Å². The van der Waals surface area contributed by atoms with Crippen LogP contribution in [0, 0.1) is 0 Å². The van der Waals surface area contributed by atoms with Crippen LogP contribution in [0.2, 0.25) is 19.1 Å². The summed E-state index contributed by atoms with van der Waals surface area (Å²) in [6, 6.07) is 1.10. The highest BCUT2D eigenvalue weighted by molar-refractivity contribution is 6.72. The molecule has 0 aromatic heterocycles. The molecule has 0 N–H and O–H groups in total. The van der Waals surface area contributed by atoms with Crippen molar-refractivity contribution in [2.75, 3.05) is 0 Å². The third-order valence-electron chi connectivity index (χ3n) is 1.80. The Kier molecular flexibility index (Phi) is 5.21. The molecule has 0 aliphatic carbocycles. The molecule has 0 saturated heterocycles. The lowest BCUT2D eigenvalue weighted by Crippen LogP contribution is -2.32. The van der Waals surface area contributed by atoms with Crippen LogP contribution in [-0.4, -0.2) is 14.3 Å². The third kappa shape index (κ3) is 6.40. The van der Waals surface area contributed by atoms with Crippen LogP contribution in [-0.2, 0) is 9.22 Å². The number of carbonyl (C=O) groups excluding carboxylic acids is 1. The van der Waals surface area contributed by atoms with Gasteiger partial charge in [-0.15, -0.1) is 0 Å². The van der Waals surface area contributed by atoms with Gasteiger partial charge in [-0.3, -0.25) is 4.79 Å². The standard InChI is InChI=1S/C9H20O2Si/c1-5-6-7-8-12(3,4)11-9(2)10/h5-8H2,1-4H3. The molecule has 0 saturated carbocycles. The van der Waals surface area contributed by atoms with Crippen LogP contribution in [0.5, 0.6) is 0 Å². The summed E-state index contributed by atoms with van der Waals surface area (Å²) in [4.78, 5) is 10.7. The Bertz CT molecular complexity index is 143. The van der Waals surface area contributed by atoms with Gasteiger partial charge in [0.05, 0.1) is 0 Å². The van der Waals surface area contributed by atoms with Gasteiger partial charge in [0, 0.05) is 6.92 Å². The monoisotopic (exact) mass is 188 g/mol. The molecule has 0 spiro atoms. The molecule has 0 fully saturated rings. The van der Waals surface area contributed by atoms with Crippen LogP contribution in [0.25, 0.3) is 0 Å². The van der Waals surface area contributed by atoms with Crippen molar-refractivity contribution in [2.24, 2.45) is 0 Å². The largest absolute Gasteiger partial charge is 0.520 e. The Morgan fingerprint density at radius 3 is 2.33 bits per heavy atom. The highest BCUT2D eigenvalue weighted by Crippen LogP contribution is 2.15. The summed E-state index contributed by atoms with van der Waals surface area (Å²) in [5, 5.41) is 0. The van der Waals surface area contributed by atoms with Gasteiger partial charge in [0.1, 0.15) is 0 Å². The van der Waals surface area contributed by atoms with Gasteiger partial charge in [-0.25, -0.2) is 0 Å². The Morgan fingerprint density at radius 2 is 1.92 bits per heavy atom. The Balaban J connectivity index is 3.63. The highest BCUT2D eigenvalue weighted by atomic mass is 28.4. The van der Waals surface area contributed by atoms with Gasteiger partial charge >= 0.3 is 0 Å². The normalized spacial score (nSPS) is 11.3. The van der Waals surface area contributed by atoms with Crippen LogP contribution < -0.4 is 0 Å². The predicted molar refractivity (Wildman–Crippen MR) is 53.6 cm³/mol. The molecule has 72 valence electrons. The first-order valence-corrected chi connectivity index (χ1v) is 7.79. The summed E-state index contributed by atoms with van der Waals surface area (Å²) >= 11 is 0. The van der Waals surface area contributed by atoms with E-state index in [9.17, 15) is 4.79 Å². The van der Waals surface area contributed by atoms with Gasteiger partial charge in [-0.2, -0.15) is 0 Å². The summed E-state index contributed by atoms with van der Waals surface area (Å²) in [5.74, 6) is -0.122. The Morgan fingerprint density at radius 1 is 1.33 bits per heavy atom. The van der Waals surface area contributed by atoms with Crippen LogP contribution in [0.4, 0.5) is 0 Å². The minimum Gasteiger partial charge on any atom is -0.520 e. The molecule has 0 amide bonds. The first kappa shape index (κ1) is 11.7. The topological polar surface area (TPSA) is 26.3 Å². The lowest BCUT2D eigenvalue weighted by Gasteiger charge is -2.21. The maximum atomic E-state index is 10.7. The molecule has 0 aromatic carbocycles. The van der Waals surface area contributed by atoms with E-state index in [0.29, 0.717) is 0 Å². The van der Waals surface area contributed by atoms with E-state index >= 15 is 0 Å². The van der Waals surface area contributed by atoms with E-state index in [2.05, 4.69) is 20.0 Å². The molecular weight excluding hydrogens is 168 g/mol. The van der Waals surface area contributed by atoms with Crippen molar-refractivity contribution < 1.29 is 9.22 Å². The van der Waals surface area contributed by atoms with Crippen LogP contribution in [0.15, 0.2) is 0 Å². The van der Waals surface area contributed by atoms with E-state index < -0.39 is 8.32 Å². The first-order chi connectivity index (χ1) is 5.48. The molecule has 0 rings (SSSR count). The second-order valence-corrected chi connectivity index (χ2v) is 8.03. The van der Waals surface area contributed by atoms with Crippen LogP contribution in [0.1, 0.15) is 33.1 Å². The molecule has 0 heterocycles. The average Bonchev–Trinajstić information content (AvgIpc) is 1.84. The molecule has 0 aliphatic heterocycles. The SMILES string of the molecule is CCCCC[Si](C)(C)OC(C)=O. The lowest BCUT2D eigenvalue weighted by molar-refractivity contribution is -0.132. The highest BCUT2D eigenvalue weighted by Gasteiger charge is 2.24. The fraction of sp³-hybridized carbons (Fsp3) is 0.889. The van der Waals surface area contributed by atoms with Crippen molar-refractivity contribution in [3.8, 4) is 0 Å². The second kappa shape index (κ2) is 5.35. The van der Waals surface area contributed by atoms with Crippen molar-refractivity contribution >= 4 is 14.3 Å². The van der Waals surface area contributed by atoms with E-state index in [1.165, 1.54) is 26.2 Å². The van der Waals surface area contributed by atoms with Crippen molar-refractivity contribution in [2.45, 2.75) is 52.2 Å². The first-order valence-electron chi connectivity index (χ1n) is 4.67. The minimum absolute atomic E-state index is 0.122. The van der Waals surface area contributed by atoms with E-state index in [0.717, 1.165) is 6.04 Å². The smallest absolute Gasteiger partial charge is 0.289 e. The van der Waals surface area contributed by atoms with Gasteiger partial charge in [-0.05, 0) is 19.1 Å².